The Hall–Kier alpha value is -9.39. The fraction of sp³-hybridized carbons (Fsp3) is 0.217. The maximum atomic E-state index is 13.7. The number of azo groups is 2. The molecule has 488 valence electrons. The molecule has 0 unspecified atom stereocenters. The second-order valence-electron chi connectivity index (χ2n) is 22.0. The fourth-order valence-corrected chi connectivity index (χ4v) is 13.5. The summed E-state index contributed by atoms with van der Waals surface area (Å²) in [5.41, 5.74) is 17.7. The average molecular weight is 1350 g/mol. The molecule has 1 aliphatic heterocycles. The third-order valence-electron chi connectivity index (χ3n) is 15.4. The van der Waals surface area contributed by atoms with Crippen LogP contribution in [-0.4, -0.2) is 159 Å². The zero-order valence-corrected chi connectivity index (χ0v) is 53.1. The Labute approximate surface area is 532 Å². The molecule has 9 rings (SSSR count). The quantitative estimate of drug-likeness (QED) is 0.0218. The van der Waals surface area contributed by atoms with Crippen LogP contribution < -0.4 is 22.1 Å². The van der Waals surface area contributed by atoms with Gasteiger partial charge in [0.1, 0.15) is 31.0 Å². The fourth-order valence-electron chi connectivity index (χ4n) is 10.6. The maximum Gasteiger partial charge on any atom is 0.317 e. The first-order valence-corrected chi connectivity index (χ1v) is 33.6. The highest BCUT2D eigenvalue weighted by Gasteiger charge is 2.29. The zero-order valence-electron chi connectivity index (χ0n) is 49.8. The van der Waals surface area contributed by atoms with Crippen molar-refractivity contribution in [2.24, 2.45) is 20.5 Å². The first-order valence-electron chi connectivity index (χ1n) is 27.9. The summed E-state index contributed by atoms with van der Waals surface area (Å²) in [5, 5.41) is 52.8. The molecular formula is C60H61N11O18S4. The van der Waals surface area contributed by atoms with E-state index in [4.69, 9.17) is 11.5 Å². The monoisotopic (exact) mass is 1350 g/mol. The number of carboxylic acid groups (broad SMARTS) is 1. The van der Waals surface area contributed by atoms with Crippen molar-refractivity contribution in [2.45, 2.75) is 47.3 Å². The predicted octanol–water partition coefficient (Wildman–Crippen LogP) is 8.54. The molecule has 0 spiro atoms. The number of rotatable bonds is 18. The smallest absolute Gasteiger partial charge is 0.317 e. The molecule has 1 heterocycles. The largest absolute Gasteiger partial charge is 0.505 e. The number of carboxylic acids is 1. The lowest BCUT2D eigenvalue weighted by Gasteiger charge is -2.25. The molecule has 2 amide bonds. The maximum absolute atomic E-state index is 13.7. The van der Waals surface area contributed by atoms with Gasteiger partial charge in [0.05, 0.1) is 53.2 Å². The van der Waals surface area contributed by atoms with E-state index < -0.39 is 99.7 Å². The predicted molar refractivity (Wildman–Crippen MR) is 345 cm³/mol. The van der Waals surface area contributed by atoms with Crippen LogP contribution in [0.2, 0.25) is 0 Å². The van der Waals surface area contributed by atoms with Gasteiger partial charge in [0.25, 0.3) is 40.5 Å². The van der Waals surface area contributed by atoms with Crippen LogP contribution in [0.5, 0.6) is 11.5 Å². The number of nitrogens with two attached hydrogens (primary N) is 2. The van der Waals surface area contributed by atoms with Gasteiger partial charge in [-0.3, -0.25) is 47.3 Å². The number of fused-ring (bicyclic) bond motifs is 2. The number of carbonyl (C=O) groups is 3. The van der Waals surface area contributed by atoms with E-state index in [0.717, 1.165) is 45.5 Å². The van der Waals surface area contributed by atoms with Gasteiger partial charge in [-0.2, -0.15) is 43.9 Å². The van der Waals surface area contributed by atoms with Crippen LogP contribution in [0.1, 0.15) is 22.3 Å². The van der Waals surface area contributed by atoms with Gasteiger partial charge in [0, 0.05) is 61.4 Å². The number of nitrogen functional groups attached to an aromatic ring is 2. The van der Waals surface area contributed by atoms with E-state index in [1.54, 1.807) is 55.1 Å². The number of phenolic OH excluding ortho intramolecular Hbond substituents is 2. The molecular weight excluding hydrogens is 1290 g/mol. The number of anilines is 4. The molecule has 1 aliphatic rings. The van der Waals surface area contributed by atoms with E-state index in [0.29, 0.717) is 85.3 Å². The number of hydrogen-bond acceptors (Lipinski definition) is 22. The summed E-state index contributed by atoms with van der Waals surface area (Å²) < 4.78 is 136. The van der Waals surface area contributed by atoms with E-state index in [9.17, 15) is 81.6 Å². The summed E-state index contributed by atoms with van der Waals surface area (Å²) in [5.74, 6) is -3.22. The molecule has 13 N–H and O–H groups in total. The number of benzene rings is 8. The summed E-state index contributed by atoms with van der Waals surface area (Å²) in [6.45, 7) is 8.97. The van der Waals surface area contributed by atoms with Crippen molar-refractivity contribution in [3.63, 3.8) is 0 Å². The summed E-state index contributed by atoms with van der Waals surface area (Å²) >= 11 is 0. The van der Waals surface area contributed by atoms with Gasteiger partial charge in [-0.1, -0.05) is 36.4 Å². The molecule has 0 bridgehead atoms. The van der Waals surface area contributed by atoms with Gasteiger partial charge in [-0.05, 0) is 145 Å². The van der Waals surface area contributed by atoms with Crippen molar-refractivity contribution < 1.29 is 81.6 Å². The normalized spacial score (nSPS) is 14.4. The molecule has 29 nitrogen and oxygen atoms in total. The van der Waals surface area contributed by atoms with Crippen molar-refractivity contribution in [2.75, 3.05) is 81.0 Å². The highest BCUT2D eigenvalue weighted by Crippen LogP contribution is 2.46. The molecule has 8 aromatic carbocycles. The van der Waals surface area contributed by atoms with Crippen LogP contribution in [0.25, 0.3) is 43.8 Å². The lowest BCUT2D eigenvalue weighted by Crippen LogP contribution is -2.42. The Bertz CT molecular complexity index is 4650. The minimum atomic E-state index is -5.11. The molecule has 0 saturated carbocycles. The van der Waals surface area contributed by atoms with Gasteiger partial charge in [-0.15, -0.1) is 10.2 Å². The van der Waals surface area contributed by atoms with Crippen LogP contribution in [0.15, 0.2) is 149 Å². The molecule has 1 fully saturated rings. The second kappa shape index (κ2) is 26.7. The second-order valence-corrected chi connectivity index (χ2v) is 27.5. The van der Waals surface area contributed by atoms with Gasteiger partial charge in [0.15, 0.2) is 11.5 Å². The molecule has 8 aromatic rings. The number of carbonyl (C=O) groups excluding carboxylic acids is 2. The Morgan fingerprint density at radius 2 is 0.710 bits per heavy atom. The number of hydrogen-bond donors (Lipinski definition) is 11. The minimum Gasteiger partial charge on any atom is -0.505 e. The van der Waals surface area contributed by atoms with Crippen molar-refractivity contribution in [1.82, 2.24) is 14.7 Å². The van der Waals surface area contributed by atoms with Crippen LogP contribution in [0.4, 0.5) is 45.5 Å². The first kappa shape index (κ1) is 68.0. The minimum absolute atomic E-state index is 0.0437. The Morgan fingerprint density at radius 1 is 0.419 bits per heavy atom. The summed E-state index contributed by atoms with van der Waals surface area (Å²) in [7, 11) is -20.4. The molecule has 33 heteroatoms. The standard InChI is InChI=1S/C60H61N11O18S4/c1-32-23-36(38-7-13-44(34(3)25-38)65-67-46-15-9-40-48(90(78,79)80)27-50(92(84,85)86)57(61)55(40)59(46)76)5-11-42(32)63-52(72)29-69-17-18-70(20-22-71(21-19-69)31-54(74)75)30-53(73)64-43-12-6-37(24-33(43)2)39-8-14-45(35(4)26-39)66-68-47-16-10-41-49(91(81,82)83)28-51(93(87,88)89)58(62)56(41)60(47)77/h5-16,23-28,76-77H,17-22,29-31,61-62H2,1-4H3,(H,63,72)(H,64,73)(H,74,75)(H,78,79,80)(H,81,82,83)(H,84,85,86)(H,87,88,89). The lowest BCUT2D eigenvalue weighted by atomic mass is 10.00. The molecule has 93 heavy (non-hydrogen) atoms. The lowest BCUT2D eigenvalue weighted by molar-refractivity contribution is -0.138. The van der Waals surface area contributed by atoms with E-state index in [2.05, 4.69) is 31.1 Å². The molecule has 0 radical (unpaired) electrons. The van der Waals surface area contributed by atoms with Gasteiger partial charge < -0.3 is 37.4 Å². The Kier molecular flexibility index (Phi) is 19.5. The van der Waals surface area contributed by atoms with Crippen LogP contribution in [0.3, 0.4) is 0 Å². The molecule has 1 saturated heterocycles. The number of nitrogens with zero attached hydrogens (tertiary/aromatic N) is 7. The highest BCUT2D eigenvalue weighted by molar-refractivity contribution is 7.87. The number of aromatic hydroxyl groups is 2. The SMILES string of the molecule is Cc1cc(-c2ccc(NC(=O)CN3CCN(CC(=O)O)CCN(CC(=O)Nc4ccc(-c5ccc(N=Nc6ccc7c(S(=O)(=O)O)cc(S(=O)(=O)O)c(N)c7c6O)c(C)c5)cc4C)CC3)c(C)c2)ccc1N=Nc1ccc2c(S(=O)(=O)O)cc(S(=O)(=O)O)c(N)c2c1O. The average Bonchev–Trinajstić information content (AvgIpc) is 0.804. The van der Waals surface area contributed by atoms with Crippen molar-refractivity contribution >= 4 is 125 Å². The first-order chi connectivity index (χ1) is 43.5. The third kappa shape index (κ3) is 15.6. The number of aliphatic carboxylic acids is 1. The topological polar surface area (TPSA) is 465 Å². The summed E-state index contributed by atoms with van der Waals surface area (Å²) in [4.78, 5) is 40.9. The molecule has 0 aliphatic carbocycles. The van der Waals surface area contributed by atoms with Crippen molar-refractivity contribution in [3.8, 4) is 33.8 Å². The Balaban J connectivity index is 0.819. The van der Waals surface area contributed by atoms with Gasteiger partial charge in [-0.25, -0.2) is 0 Å². The van der Waals surface area contributed by atoms with Gasteiger partial charge >= 0.3 is 5.97 Å². The van der Waals surface area contributed by atoms with E-state index in [1.165, 1.54) is 12.1 Å². The number of aryl methyl sites for hydroxylation is 4. The molecule has 0 atom stereocenters. The van der Waals surface area contributed by atoms with Crippen LogP contribution in [0, 0.1) is 27.7 Å². The van der Waals surface area contributed by atoms with Crippen molar-refractivity contribution in [3.05, 3.63) is 131 Å². The molecule has 0 aromatic heterocycles. The number of amides is 2. The summed E-state index contributed by atoms with van der Waals surface area (Å²) in [6, 6.07) is 27.0. The Morgan fingerprint density at radius 3 is 1.01 bits per heavy atom. The summed E-state index contributed by atoms with van der Waals surface area (Å²) in [6.07, 6.45) is 0. The van der Waals surface area contributed by atoms with Crippen LogP contribution in [-0.2, 0) is 54.9 Å². The van der Waals surface area contributed by atoms with E-state index >= 15 is 0 Å². The number of nitrogens with one attached hydrogen (secondary N) is 2. The highest BCUT2D eigenvalue weighted by atomic mass is 32.2. The van der Waals surface area contributed by atoms with Gasteiger partial charge in [0.2, 0.25) is 11.8 Å². The van der Waals surface area contributed by atoms with E-state index in [1.807, 2.05) is 60.0 Å². The van der Waals surface area contributed by atoms with Crippen molar-refractivity contribution in [1.29, 1.82) is 0 Å². The number of phenols is 2. The van der Waals surface area contributed by atoms with Crippen LogP contribution >= 0.6 is 0 Å². The zero-order chi connectivity index (χ0) is 67.8. The van der Waals surface area contributed by atoms with E-state index in [-0.39, 0.29) is 53.6 Å². The third-order valence-corrected chi connectivity index (χ3v) is 19.0.